The van der Waals surface area contributed by atoms with Crippen LogP contribution in [0.25, 0.3) is 10.2 Å². The smallest absolute Gasteiger partial charge is 0.249 e. The van der Waals surface area contributed by atoms with E-state index < -0.39 is 0 Å². The molecule has 30 heavy (non-hydrogen) atoms. The molecule has 0 aliphatic carbocycles. The third kappa shape index (κ3) is 4.00. The Hall–Kier alpha value is -2.64. The Morgan fingerprint density at radius 1 is 1.13 bits per heavy atom. The lowest BCUT2D eigenvalue weighted by Gasteiger charge is -2.25. The molecule has 1 atom stereocenters. The van der Waals surface area contributed by atoms with E-state index in [4.69, 9.17) is 14.2 Å². The summed E-state index contributed by atoms with van der Waals surface area (Å²) < 4.78 is 18.4. The molecule has 2 aliphatic rings. The summed E-state index contributed by atoms with van der Waals surface area (Å²) in [6.45, 7) is 2.50. The Bertz CT molecular complexity index is 1020. The first-order valence-corrected chi connectivity index (χ1v) is 11.2. The lowest BCUT2D eigenvalue weighted by molar-refractivity contribution is -0.137. The standard InChI is InChI=1S/C23H24N2O4S/c26-23(15-27-14-22-24-17-5-1-2-7-21(17)30-22)25-10-3-6-18(25)16-8-9-19-20(13-16)29-12-4-11-28-19/h1-2,5,7-9,13,18H,3-4,6,10-12,14-15H2/t18-/m1/s1. The van der Waals surface area contributed by atoms with Gasteiger partial charge in [0.2, 0.25) is 5.91 Å². The van der Waals surface area contributed by atoms with Crippen LogP contribution in [0.15, 0.2) is 42.5 Å². The molecule has 0 radical (unpaired) electrons. The van der Waals surface area contributed by atoms with Crippen LogP contribution in [-0.4, -0.2) is 42.2 Å². The molecule has 3 heterocycles. The van der Waals surface area contributed by atoms with E-state index in [1.54, 1.807) is 11.3 Å². The molecule has 0 bridgehead atoms. The Balaban J connectivity index is 1.22. The van der Waals surface area contributed by atoms with Crippen LogP contribution in [0.5, 0.6) is 11.5 Å². The van der Waals surface area contributed by atoms with E-state index >= 15 is 0 Å². The molecule has 7 heteroatoms. The maximum Gasteiger partial charge on any atom is 0.249 e. The number of amides is 1. The highest BCUT2D eigenvalue weighted by Crippen LogP contribution is 2.38. The maximum atomic E-state index is 12.9. The fourth-order valence-corrected chi connectivity index (χ4v) is 4.99. The van der Waals surface area contributed by atoms with Gasteiger partial charge in [0.15, 0.2) is 11.5 Å². The second-order valence-electron chi connectivity index (χ2n) is 7.57. The van der Waals surface area contributed by atoms with Gasteiger partial charge in [-0.3, -0.25) is 4.79 Å². The molecule has 3 aromatic rings. The molecule has 6 nitrogen and oxygen atoms in total. The van der Waals surface area contributed by atoms with Gasteiger partial charge >= 0.3 is 0 Å². The SMILES string of the molecule is O=C(COCc1nc2ccccc2s1)N1CCC[C@@H]1c1ccc2c(c1)OCCCO2. The number of hydrogen-bond acceptors (Lipinski definition) is 6. The van der Waals surface area contributed by atoms with Gasteiger partial charge in [0.05, 0.1) is 36.1 Å². The van der Waals surface area contributed by atoms with Gasteiger partial charge < -0.3 is 19.1 Å². The molecule has 2 aromatic carbocycles. The molecule has 1 amide bonds. The number of likely N-dealkylation sites (tertiary alicyclic amines) is 1. The highest BCUT2D eigenvalue weighted by atomic mass is 32.1. The predicted octanol–water partition coefficient (Wildman–Crippen LogP) is 4.34. The molecule has 0 unspecified atom stereocenters. The van der Waals surface area contributed by atoms with Crippen LogP contribution in [0.2, 0.25) is 0 Å². The first-order valence-electron chi connectivity index (χ1n) is 10.4. The minimum absolute atomic E-state index is 0.0192. The summed E-state index contributed by atoms with van der Waals surface area (Å²) in [6, 6.07) is 14.1. The minimum Gasteiger partial charge on any atom is -0.490 e. The highest BCUT2D eigenvalue weighted by Gasteiger charge is 2.30. The second-order valence-corrected chi connectivity index (χ2v) is 8.69. The predicted molar refractivity (Wildman–Crippen MR) is 115 cm³/mol. The van der Waals surface area contributed by atoms with Gasteiger partial charge in [-0.15, -0.1) is 11.3 Å². The molecule has 2 aliphatic heterocycles. The Kier molecular flexibility index (Phi) is 5.55. The van der Waals surface area contributed by atoms with Crippen molar-refractivity contribution >= 4 is 27.5 Å². The van der Waals surface area contributed by atoms with Crippen molar-refractivity contribution < 1.29 is 19.0 Å². The van der Waals surface area contributed by atoms with Gasteiger partial charge in [0.1, 0.15) is 11.6 Å². The molecule has 0 N–H and O–H groups in total. The molecule has 5 rings (SSSR count). The first kappa shape index (κ1) is 19.3. The molecule has 1 aromatic heterocycles. The molecular weight excluding hydrogens is 400 g/mol. The van der Waals surface area contributed by atoms with Crippen molar-refractivity contribution in [2.24, 2.45) is 0 Å². The number of fused-ring (bicyclic) bond motifs is 2. The van der Waals surface area contributed by atoms with Crippen LogP contribution in [0.4, 0.5) is 0 Å². The van der Waals surface area contributed by atoms with Gasteiger partial charge in [-0.25, -0.2) is 4.98 Å². The molecule has 1 fully saturated rings. The number of carbonyl (C=O) groups excluding carboxylic acids is 1. The average molecular weight is 425 g/mol. The summed E-state index contributed by atoms with van der Waals surface area (Å²) in [5.74, 6) is 1.58. The van der Waals surface area contributed by atoms with Crippen molar-refractivity contribution in [2.45, 2.75) is 31.9 Å². The molecule has 0 saturated carbocycles. The normalized spacial score (nSPS) is 18.5. The Morgan fingerprint density at radius 3 is 2.90 bits per heavy atom. The van der Waals surface area contributed by atoms with Crippen LogP contribution in [0.3, 0.4) is 0 Å². The zero-order chi connectivity index (χ0) is 20.3. The zero-order valence-corrected chi connectivity index (χ0v) is 17.5. The number of aromatic nitrogens is 1. The lowest BCUT2D eigenvalue weighted by Crippen LogP contribution is -2.33. The van der Waals surface area contributed by atoms with Gasteiger partial charge in [0, 0.05) is 13.0 Å². The average Bonchev–Trinajstić information content (AvgIpc) is 3.34. The van der Waals surface area contributed by atoms with Crippen LogP contribution >= 0.6 is 11.3 Å². The van der Waals surface area contributed by atoms with Crippen LogP contribution in [-0.2, 0) is 16.1 Å². The Morgan fingerprint density at radius 2 is 2.00 bits per heavy atom. The molecule has 0 spiro atoms. The van der Waals surface area contributed by atoms with Gasteiger partial charge in [0.25, 0.3) is 0 Å². The van der Waals surface area contributed by atoms with E-state index in [1.807, 2.05) is 47.4 Å². The zero-order valence-electron chi connectivity index (χ0n) is 16.7. The van der Waals surface area contributed by atoms with E-state index in [0.29, 0.717) is 19.8 Å². The van der Waals surface area contributed by atoms with Crippen molar-refractivity contribution in [1.82, 2.24) is 9.88 Å². The largest absolute Gasteiger partial charge is 0.490 e. The van der Waals surface area contributed by atoms with Crippen molar-refractivity contribution in [3.05, 3.63) is 53.0 Å². The molecular formula is C23H24N2O4S. The van der Waals surface area contributed by atoms with Gasteiger partial charge in [-0.2, -0.15) is 0 Å². The number of nitrogens with zero attached hydrogens (tertiary/aromatic N) is 2. The molecule has 1 saturated heterocycles. The number of ether oxygens (including phenoxy) is 3. The van der Waals surface area contributed by atoms with Crippen molar-refractivity contribution in [2.75, 3.05) is 26.4 Å². The van der Waals surface area contributed by atoms with E-state index in [2.05, 4.69) is 4.98 Å². The number of rotatable bonds is 5. The monoisotopic (exact) mass is 424 g/mol. The summed E-state index contributed by atoms with van der Waals surface area (Å²) in [6.07, 6.45) is 2.82. The number of thiazole rings is 1. The van der Waals surface area contributed by atoms with Crippen LogP contribution in [0, 0.1) is 0 Å². The number of para-hydroxylation sites is 1. The van der Waals surface area contributed by atoms with Gasteiger partial charge in [-0.1, -0.05) is 18.2 Å². The van der Waals surface area contributed by atoms with E-state index in [1.165, 1.54) is 0 Å². The minimum atomic E-state index is 0.0192. The first-order chi connectivity index (χ1) is 14.8. The van der Waals surface area contributed by atoms with Gasteiger partial charge in [-0.05, 0) is 42.7 Å². The Labute approximate surface area is 179 Å². The maximum absolute atomic E-state index is 12.9. The summed E-state index contributed by atoms with van der Waals surface area (Å²) in [7, 11) is 0. The third-order valence-corrected chi connectivity index (χ3v) is 6.53. The number of benzene rings is 2. The van der Waals surface area contributed by atoms with E-state index in [-0.39, 0.29) is 18.6 Å². The lowest BCUT2D eigenvalue weighted by atomic mass is 10.0. The summed E-state index contributed by atoms with van der Waals surface area (Å²) >= 11 is 1.61. The summed E-state index contributed by atoms with van der Waals surface area (Å²) in [4.78, 5) is 19.4. The van der Waals surface area contributed by atoms with Crippen molar-refractivity contribution in [3.63, 3.8) is 0 Å². The fourth-order valence-electron chi connectivity index (χ4n) is 4.09. The summed E-state index contributed by atoms with van der Waals surface area (Å²) in [5.41, 5.74) is 2.07. The molecule has 156 valence electrons. The van der Waals surface area contributed by atoms with E-state index in [9.17, 15) is 4.79 Å². The number of carbonyl (C=O) groups is 1. The van der Waals surface area contributed by atoms with Crippen LogP contribution < -0.4 is 9.47 Å². The third-order valence-electron chi connectivity index (χ3n) is 5.52. The van der Waals surface area contributed by atoms with Crippen molar-refractivity contribution in [3.8, 4) is 11.5 Å². The fraction of sp³-hybridized carbons (Fsp3) is 0.391. The van der Waals surface area contributed by atoms with Crippen LogP contribution in [0.1, 0.15) is 35.9 Å². The van der Waals surface area contributed by atoms with E-state index in [0.717, 1.165) is 58.1 Å². The second kappa shape index (κ2) is 8.62. The summed E-state index contributed by atoms with van der Waals surface area (Å²) in [5, 5.41) is 0.893. The topological polar surface area (TPSA) is 60.9 Å². The quantitative estimate of drug-likeness (QED) is 0.610. The van der Waals surface area contributed by atoms with Crippen molar-refractivity contribution in [1.29, 1.82) is 0 Å². The number of hydrogen-bond donors (Lipinski definition) is 0. The highest BCUT2D eigenvalue weighted by molar-refractivity contribution is 7.18.